The lowest BCUT2D eigenvalue weighted by atomic mass is 10.3. The highest BCUT2D eigenvalue weighted by Gasteiger charge is 2.25. The molecule has 0 N–H and O–H groups in total. The van der Waals surface area contributed by atoms with Crippen LogP contribution < -0.4 is 4.74 Å². The fourth-order valence-electron chi connectivity index (χ4n) is 1.92. The monoisotopic (exact) mass is 224 g/mol. The Morgan fingerprint density at radius 1 is 1.50 bits per heavy atom. The molecule has 2 heterocycles. The Hall–Kier alpha value is -1.16. The van der Waals surface area contributed by atoms with E-state index in [1.54, 1.807) is 6.07 Å². The van der Waals surface area contributed by atoms with Crippen LogP contribution in [0.2, 0.25) is 0 Å². The van der Waals surface area contributed by atoms with E-state index in [1.165, 1.54) is 12.3 Å². The number of hydrogen-bond donors (Lipinski definition) is 0. The summed E-state index contributed by atoms with van der Waals surface area (Å²) in [6.07, 6.45) is 2.38. The highest BCUT2D eigenvalue weighted by Crippen LogP contribution is 2.18. The van der Waals surface area contributed by atoms with E-state index < -0.39 is 0 Å². The van der Waals surface area contributed by atoms with Crippen molar-refractivity contribution in [3.63, 3.8) is 0 Å². The molecule has 1 atom stereocenters. The van der Waals surface area contributed by atoms with Gasteiger partial charge in [0.2, 0.25) is 5.88 Å². The summed E-state index contributed by atoms with van der Waals surface area (Å²) in [5.74, 6) is 0.180. The van der Waals surface area contributed by atoms with Gasteiger partial charge in [0.1, 0.15) is 11.9 Å². The molecule has 2 rings (SSSR count). The van der Waals surface area contributed by atoms with E-state index in [0.717, 1.165) is 19.5 Å². The van der Waals surface area contributed by atoms with Crippen LogP contribution in [0.3, 0.4) is 0 Å². The number of hydrogen-bond acceptors (Lipinski definition) is 3. The van der Waals surface area contributed by atoms with Crippen molar-refractivity contribution in [2.75, 3.05) is 13.1 Å². The number of ether oxygens (including phenoxy) is 1. The molecule has 0 spiro atoms. The van der Waals surface area contributed by atoms with Gasteiger partial charge in [-0.2, -0.15) is 0 Å². The zero-order valence-corrected chi connectivity index (χ0v) is 9.69. The van der Waals surface area contributed by atoms with Crippen LogP contribution in [0.15, 0.2) is 18.3 Å². The largest absolute Gasteiger partial charge is 0.473 e. The first-order chi connectivity index (χ1) is 7.65. The first-order valence-corrected chi connectivity index (χ1v) is 5.67. The molecular weight excluding hydrogens is 207 g/mol. The molecule has 16 heavy (non-hydrogen) atoms. The fourth-order valence-corrected chi connectivity index (χ4v) is 1.92. The normalized spacial score (nSPS) is 21.6. The lowest BCUT2D eigenvalue weighted by Gasteiger charge is -2.20. The molecule has 0 bridgehead atoms. The second-order valence-corrected chi connectivity index (χ2v) is 4.43. The molecule has 0 saturated carbocycles. The third-order valence-electron chi connectivity index (χ3n) is 2.89. The third-order valence-corrected chi connectivity index (χ3v) is 2.89. The predicted molar refractivity (Wildman–Crippen MR) is 59.9 cm³/mol. The smallest absolute Gasteiger partial charge is 0.213 e. The molecule has 1 aliphatic heterocycles. The standard InChI is InChI=1S/C12H17FN2O/c1-9(2)15-6-5-11(8-15)16-12-4-3-10(13)7-14-12/h3-4,7,9,11H,5-6,8H2,1-2H3/t11-/m0/s1. The summed E-state index contributed by atoms with van der Waals surface area (Å²) in [6.45, 7) is 6.34. The van der Waals surface area contributed by atoms with Crippen LogP contribution in [0.4, 0.5) is 4.39 Å². The maximum absolute atomic E-state index is 12.6. The Morgan fingerprint density at radius 2 is 2.31 bits per heavy atom. The second kappa shape index (κ2) is 4.78. The van der Waals surface area contributed by atoms with Crippen molar-refractivity contribution >= 4 is 0 Å². The van der Waals surface area contributed by atoms with Gasteiger partial charge in [-0.05, 0) is 26.3 Å². The van der Waals surface area contributed by atoms with Gasteiger partial charge in [-0.25, -0.2) is 9.37 Å². The molecule has 3 nitrogen and oxygen atoms in total. The van der Waals surface area contributed by atoms with E-state index in [1.807, 2.05) is 0 Å². The van der Waals surface area contributed by atoms with E-state index in [2.05, 4.69) is 23.7 Å². The Kier molecular flexibility index (Phi) is 3.39. The Balaban J connectivity index is 1.89. The van der Waals surface area contributed by atoms with Gasteiger partial charge < -0.3 is 4.74 Å². The predicted octanol–water partition coefficient (Wildman–Crippen LogP) is 2.08. The van der Waals surface area contributed by atoms with Gasteiger partial charge in [0, 0.05) is 25.2 Å². The van der Waals surface area contributed by atoms with Crippen LogP contribution in [0.1, 0.15) is 20.3 Å². The Morgan fingerprint density at radius 3 is 2.88 bits per heavy atom. The topological polar surface area (TPSA) is 25.4 Å². The van der Waals surface area contributed by atoms with Gasteiger partial charge in [0.15, 0.2) is 0 Å². The maximum atomic E-state index is 12.6. The average molecular weight is 224 g/mol. The zero-order valence-electron chi connectivity index (χ0n) is 9.69. The van der Waals surface area contributed by atoms with E-state index in [-0.39, 0.29) is 11.9 Å². The molecule has 1 aromatic heterocycles. The summed E-state index contributed by atoms with van der Waals surface area (Å²) in [7, 11) is 0. The fraction of sp³-hybridized carbons (Fsp3) is 0.583. The van der Waals surface area contributed by atoms with E-state index >= 15 is 0 Å². The molecule has 88 valence electrons. The number of pyridine rings is 1. The zero-order chi connectivity index (χ0) is 11.5. The highest BCUT2D eigenvalue weighted by atomic mass is 19.1. The van der Waals surface area contributed by atoms with Crippen molar-refractivity contribution in [2.45, 2.75) is 32.4 Å². The number of aromatic nitrogens is 1. The summed E-state index contributed by atoms with van der Waals surface area (Å²) < 4.78 is 18.3. The van der Waals surface area contributed by atoms with Crippen LogP contribution in [0.25, 0.3) is 0 Å². The summed E-state index contributed by atoms with van der Waals surface area (Å²) in [6, 6.07) is 3.50. The summed E-state index contributed by atoms with van der Waals surface area (Å²) in [5.41, 5.74) is 0. The lowest BCUT2D eigenvalue weighted by molar-refractivity contribution is 0.181. The summed E-state index contributed by atoms with van der Waals surface area (Å²) in [5, 5.41) is 0. The molecule has 0 aromatic carbocycles. The van der Waals surface area contributed by atoms with Crippen molar-refractivity contribution < 1.29 is 9.13 Å². The molecule has 1 aromatic rings. The third kappa shape index (κ3) is 2.70. The highest BCUT2D eigenvalue weighted by molar-refractivity contribution is 5.11. The number of halogens is 1. The van der Waals surface area contributed by atoms with Crippen LogP contribution in [0, 0.1) is 5.82 Å². The van der Waals surface area contributed by atoms with E-state index in [9.17, 15) is 4.39 Å². The number of likely N-dealkylation sites (tertiary alicyclic amines) is 1. The van der Waals surface area contributed by atoms with E-state index in [0.29, 0.717) is 11.9 Å². The van der Waals surface area contributed by atoms with Crippen molar-refractivity contribution in [2.24, 2.45) is 0 Å². The van der Waals surface area contributed by atoms with Gasteiger partial charge in [0.05, 0.1) is 6.20 Å². The lowest BCUT2D eigenvalue weighted by Crippen LogP contribution is -2.30. The molecule has 0 unspecified atom stereocenters. The first-order valence-electron chi connectivity index (χ1n) is 5.67. The maximum Gasteiger partial charge on any atom is 0.213 e. The van der Waals surface area contributed by atoms with Crippen molar-refractivity contribution in [1.82, 2.24) is 9.88 Å². The number of rotatable bonds is 3. The molecule has 1 aliphatic rings. The minimum atomic E-state index is -0.331. The Bertz CT molecular complexity index is 339. The molecule has 1 saturated heterocycles. The average Bonchev–Trinajstić information content (AvgIpc) is 2.70. The summed E-state index contributed by atoms with van der Waals surface area (Å²) in [4.78, 5) is 6.27. The van der Waals surface area contributed by atoms with Crippen molar-refractivity contribution in [3.05, 3.63) is 24.1 Å². The second-order valence-electron chi connectivity index (χ2n) is 4.43. The minimum Gasteiger partial charge on any atom is -0.473 e. The molecule has 4 heteroatoms. The van der Waals surface area contributed by atoms with Gasteiger partial charge in [0.25, 0.3) is 0 Å². The molecule has 0 amide bonds. The number of nitrogens with zero attached hydrogens (tertiary/aromatic N) is 2. The SMILES string of the molecule is CC(C)N1CC[C@H](Oc2ccc(F)cn2)C1. The molecule has 0 radical (unpaired) electrons. The summed E-state index contributed by atoms with van der Waals surface area (Å²) >= 11 is 0. The van der Waals surface area contributed by atoms with Crippen molar-refractivity contribution in [3.8, 4) is 5.88 Å². The van der Waals surface area contributed by atoms with Gasteiger partial charge in [-0.15, -0.1) is 0 Å². The first kappa shape index (κ1) is 11.3. The molecule has 1 fully saturated rings. The van der Waals surface area contributed by atoms with Crippen molar-refractivity contribution in [1.29, 1.82) is 0 Å². The quantitative estimate of drug-likeness (QED) is 0.786. The van der Waals surface area contributed by atoms with E-state index in [4.69, 9.17) is 4.74 Å². The van der Waals surface area contributed by atoms with Crippen LogP contribution in [-0.2, 0) is 0 Å². The Labute approximate surface area is 95.2 Å². The van der Waals surface area contributed by atoms with Gasteiger partial charge >= 0.3 is 0 Å². The minimum absolute atomic E-state index is 0.181. The van der Waals surface area contributed by atoms with Crippen LogP contribution in [0.5, 0.6) is 5.88 Å². The molecule has 0 aliphatic carbocycles. The van der Waals surface area contributed by atoms with Crippen LogP contribution in [-0.4, -0.2) is 35.1 Å². The van der Waals surface area contributed by atoms with Gasteiger partial charge in [-0.3, -0.25) is 4.90 Å². The van der Waals surface area contributed by atoms with Crippen LogP contribution >= 0.6 is 0 Å². The molecular formula is C12H17FN2O. The van der Waals surface area contributed by atoms with Gasteiger partial charge in [-0.1, -0.05) is 0 Å².